The van der Waals surface area contributed by atoms with Crippen molar-refractivity contribution in [2.45, 2.75) is 46.1 Å². The van der Waals surface area contributed by atoms with E-state index in [2.05, 4.69) is 45.2 Å². The van der Waals surface area contributed by atoms with Gasteiger partial charge in [-0.25, -0.2) is 0 Å². The summed E-state index contributed by atoms with van der Waals surface area (Å²) in [4.78, 5) is 9.62. The molecule has 0 aliphatic carbocycles. The van der Waals surface area contributed by atoms with Gasteiger partial charge in [0.25, 0.3) is 0 Å². The van der Waals surface area contributed by atoms with E-state index in [4.69, 9.17) is 4.74 Å². The molecule has 1 atom stereocenters. The van der Waals surface area contributed by atoms with Crippen molar-refractivity contribution in [1.82, 2.24) is 15.1 Å². The third-order valence-corrected chi connectivity index (χ3v) is 5.75. The minimum Gasteiger partial charge on any atom is -0.494 e. The summed E-state index contributed by atoms with van der Waals surface area (Å²) in [6.45, 7) is 11.7. The van der Waals surface area contributed by atoms with Crippen LogP contribution in [-0.2, 0) is 6.54 Å². The summed E-state index contributed by atoms with van der Waals surface area (Å²) in [7, 11) is 1.89. The number of nitrogens with zero attached hydrogens (tertiary/aromatic N) is 3. The second-order valence-electron chi connectivity index (χ2n) is 7.90. The number of aryl methyl sites for hydroxylation is 1. The maximum absolute atomic E-state index is 5.64. The van der Waals surface area contributed by atoms with Crippen LogP contribution in [0.2, 0.25) is 0 Å². The zero-order chi connectivity index (χ0) is 19.1. The maximum atomic E-state index is 5.64. The number of hydrogen-bond acceptors (Lipinski definition) is 3. The standard InChI is InChI=1S/C22H36N4O/c1-4-27-21-9-8-19(14-18(21)2)15-24-22(23-3)26-13-10-20(17-26)16-25-11-6-5-7-12-25/h8-9,14,20H,4-7,10-13,15-17H2,1-3H3,(H,23,24). The van der Waals surface area contributed by atoms with E-state index >= 15 is 0 Å². The van der Waals surface area contributed by atoms with E-state index in [0.717, 1.165) is 37.3 Å². The van der Waals surface area contributed by atoms with Crippen LogP contribution in [0, 0.1) is 12.8 Å². The Labute approximate surface area is 164 Å². The van der Waals surface area contributed by atoms with Crippen molar-refractivity contribution < 1.29 is 4.74 Å². The van der Waals surface area contributed by atoms with Crippen LogP contribution >= 0.6 is 0 Å². The van der Waals surface area contributed by atoms with Crippen molar-refractivity contribution >= 4 is 5.96 Å². The van der Waals surface area contributed by atoms with E-state index in [1.807, 2.05) is 14.0 Å². The molecule has 150 valence electrons. The van der Waals surface area contributed by atoms with Crippen LogP contribution < -0.4 is 10.1 Å². The van der Waals surface area contributed by atoms with Crippen molar-refractivity contribution in [3.05, 3.63) is 29.3 Å². The molecule has 1 unspecified atom stereocenters. The van der Waals surface area contributed by atoms with Gasteiger partial charge >= 0.3 is 0 Å². The molecule has 0 aromatic heterocycles. The number of guanidine groups is 1. The molecule has 1 N–H and O–H groups in total. The van der Waals surface area contributed by atoms with Crippen LogP contribution in [0.25, 0.3) is 0 Å². The molecule has 2 heterocycles. The van der Waals surface area contributed by atoms with E-state index in [1.165, 1.54) is 56.4 Å². The molecule has 1 aromatic carbocycles. The summed E-state index contributed by atoms with van der Waals surface area (Å²) in [6.07, 6.45) is 5.44. The van der Waals surface area contributed by atoms with E-state index in [1.54, 1.807) is 0 Å². The van der Waals surface area contributed by atoms with Crippen LogP contribution in [0.5, 0.6) is 5.75 Å². The van der Waals surface area contributed by atoms with E-state index in [0.29, 0.717) is 6.61 Å². The highest BCUT2D eigenvalue weighted by molar-refractivity contribution is 5.80. The third kappa shape index (κ3) is 5.61. The highest BCUT2D eigenvalue weighted by atomic mass is 16.5. The van der Waals surface area contributed by atoms with Gasteiger partial charge in [0.1, 0.15) is 5.75 Å². The predicted molar refractivity (Wildman–Crippen MR) is 113 cm³/mol. The van der Waals surface area contributed by atoms with E-state index in [9.17, 15) is 0 Å². The summed E-state index contributed by atoms with van der Waals surface area (Å²) in [5.74, 6) is 2.78. The quantitative estimate of drug-likeness (QED) is 0.615. The Morgan fingerprint density at radius 2 is 2.04 bits per heavy atom. The van der Waals surface area contributed by atoms with Crippen molar-refractivity contribution in [2.75, 3.05) is 46.4 Å². The topological polar surface area (TPSA) is 40.1 Å². The number of rotatable bonds is 6. The van der Waals surface area contributed by atoms with Crippen LogP contribution in [0.15, 0.2) is 23.2 Å². The van der Waals surface area contributed by atoms with E-state index < -0.39 is 0 Å². The number of nitrogens with one attached hydrogen (secondary N) is 1. The average molecular weight is 373 g/mol. The second-order valence-corrected chi connectivity index (χ2v) is 7.90. The first-order valence-electron chi connectivity index (χ1n) is 10.6. The van der Waals surface area contributed by atoms with Gasteiger partial charge in [-0.3, -0.25) is 4.99 Å². The lowest BCUT2D eigenvalue weighted by Crippen LogP contribution is -2.41. The average Bonchev–Trinajstić information content (AvgIpc) is 3.13. The first-order valence-corrected chi connectivity index (χ1v) is 10.6. The Morgan fingerprint density at radius 3 is 2.74 bits per heavy atom. The molecule has 0 bridgehead atoms. The largest absolute Gasteiger partial charge is 0.494 e. The Bertz CT molecular complexity index is 625. The molecular weight excluding hydrogens is 336 g/mol. The molecule has 2 fully saturated rings. The summed E-state index contributed by atoms with van der Waals surface area (Å²) < 4.78 is 5.64. The molecule has 2 saturated heterocycles. The fourth-order valence-electron chi connectivity index (χ4n) is 4.33. The van der Waals surface area contributed by atoms with Crippen LogP contribution in [0.4, 0.5) is 0 Å². The van der Waals surface area contributed by atoms with Gasteiger partial charge in [0.2, 0.25) is 0 Å². The van der Waals surface area contributed by atoms with E-state index in [-0.39, 0.29) is 0 Å². The van der Waals surface area contributed by atoms with Gasteiger partial charge in [0, 0.05) is 33.2 Å². The lowest BCUT2D eigenvalue weighted by atomic mass is 10.1. The Kier molecular flexibility index (Phi) is 7.39. The minimum absolute atomic E-state index is 0.707. The highest BCUT2D eigenvalue weighted by Crippen LogP contribution is 2.21. The lowest BCUT2D eigenvalue weighted by Gasteiger charge is -2.29. The maximum Gasteiger partial charge on any atom is 0.193 e. The SMILES string of the molecule is CCOc1ccc(CNC(=NC)N2CCC(CN3CCCCC3)C2)cc1C. The van der Waals surface area contributed by atoms with Gasteiger partial charge < -0.3 is 19.9 Å². The molecule has 2 aliphatic rings. The molecule has 0 spiro atoms. The van der Waals surface area contributed by atoms with Crippen molar-refractivity contribution in [3.63, 3.8) is 0 Å². The number of piperidine rings is 1. The molecule has 2 aliphatic heterocycles. The van der Waals surface area contributed by atoms with Crippen LogP contribution in [0.3, 0.4) is 0 Å². The van der Waals surface area contributed by atoms with Gasteiger partial charge in [-0.15, -0.1) is 0 Å². The monoisotopic (exact) mass is 372 g/mol. The number of hydrogen-bond donors (Lipinski definition) is 1. The predicted octanol–water partition coefficient (Wildman–Crippen LogP) is 3.28. The molecule has 1 aromatic rings. The van der Waals surface area contributed by atoms with Gasteiger partial charge in [0.05, 0.1) is 6.61 Å². The van der Waals surface area contributed by atoms with Crippen molar-refractivity contribution in [1.29, 1.82) is 0 Å². The number of likely N-dealkylation sites (tertiary alicyclic amines) is 2. The van der Waals surface area contributed by atoms with Gasteiger partial charge in [0.15, 0.2) is 5.96 Å². The zero-order valence-corrected chi connectivity index (χ0v) is 17.3. The fourth-order valence-corrected chi connectivity index (χ4v) is 4.33. The first kappa shape index (κ1) is 20.0. The highest BCUT2D eigenvalue weighted by Gasteiger charge is 2.26. The summed E-state index contributed by atoms with van der Waals surface area (Å²) in [6, 6.07) is 6.42. The van der Waals surface area contributed by atoms with Gasteiger partial charge in [-0.05, 0) is 69.3 Å². The van der Waals surface area contributed by atoms with Gasteiger partial charge in [-0.2, -0.15) is 0 Å². The van der Waals surface area contributed by atoms with Crippen molar-refractivity contribution in [3.8, 4) is 5.75 Å². The van der Waals surface area contributed by atoms with Gasteiger partial charge in [-0.1, -0.05) is 18.6 Å². The molecule has 3 rings (SSSR count). The van der Waals surface area contributed by atoms with Crippen LogP contribution in [-0.4, -0.2) is 62.1 Å². The molecule has 0 saturated carbocycles. The second kappa shape index (κ2) is 9.98. The first-order chi connectivity index (χ1) is 13.2. The molecule has 0 amide bonds. The smallest absolute Gasteiger partial charge is 0.193 e. The Morgan fingerprint density at radius 1 is 1.22 bits per heavy atom. The van der Waals surface area contributed by atoms with Crippen molar-refractivity contribution in [2.24, 2.45) is 10.9 Å². The Balaban J connectivity index is 1.48. The number of aliphatic imine (C=N–C) groups is 1. The molecule has 0 radical (unpaired) electrons. The molecule has 5 heteroatoms. The summed E-state index contributed by atoms with van der Waals surface area (Å²) >= 11 is 0. The Hall–Kier alpha value is -1.75. The molecular formula is C22H36N4O. The zero-order valence-electron chi connectivity index (χ0n) is 17.3. The normalized spacial score (nSPS) is 21.5. The fraction of sp³-hybridized carbons (Fsp3) is 0.682. The lowest BCUT2D eigenvalue weighted by molar-refractivity contribution is 0.198. The van der Waals surface area contributed by atoms with Crippen LogP contribution in [0.1, 0.15) is 43.7 Å². The molecule has 27 heavy (non-hydrogen) atoms. The molecule has 5 nitrogen and oxygen atoms in total. The number of benzene rings is 1. The minimum atomic E-state index is 0.707. The number of ether oxygens (including phenoxy) is 1. The summed E-state index contributed by atoms with van der Waals surface area (Å²) in [5, 5.41) is 3.55. The summed E-state index contributed by atoms with van der Waals surface area (Å²) in [5.41, 5.74) is 2.45. The third-order valence-electron chi connectivity index (χ3n) is 5.75.